The van der Waals surface area contributed by atoms with Crippen LogP contribution in [0.4, 0.5) is 0 Å². The normalized spacial score (nSPS) is 6.50. The summed E-state index contributed by atoms with van der Waals surface area (Å²) < 4.78 is 0. The topological polar surface area (TPSA) is 0 Å². The Morgan fingerprint density at radius 2 is 1.50 bits per heavy atom. The lowest BCUT2D eigenvalue weighted by molar-refractivity contribution is 1.85. The van der Waals surface area contributed by atoms with Gasteiger partial charge in [0.05, 0.1) is 0 Å². The highest BCUT2D eigenvalue weighted by molar-refractivity contribution is 6.36. The Bertz CT molecular complexity index is 26.3. The Balaban J connectivity index is 2.80. The number of rotatable bonds is 0. The molecular weight excluding hydrogens is 64.1 g/mol. The molecule has 0 rings (SSSR count). The van der Waals surface area contributed by atoms with E-state index in [2.05, 4.69) is 13.8 Å². The van der Waals surface area contributed by atoms with E-state index in [9.17, 15) is 0 Å². The Labute approximate surface area is 29.9 Å². The maximum absolute atomic E-state index is 2.10. The summed E-state index contributed by atoms with van der Waals surface area (Å²) in [5.41, 5.74) is 0. The maximum atomic E-state index is 2.10. The SMILES string of the molecule is CC(C)=[SiH2]. The summed E-state index contributed by atoms with van der Waals surface area (Å²) in [6, 6.07) is 0. The first-order valence-electron chi connectivity index (χ1n) is 1.35. The number of hydrogen-bond donors (Lipinski definition) is 0. The van der Waals surface area contributed by atoms with Crippen LogP contribution in [-0.4, -0.2) is 15.0 Å². The average molecular weight is 72.2 g/mol. The molecule has 0 aliphatic rings. The lowest BCUT2D eigenvalue weighted by Gasteiger charge is -1.65. The van der Waals surface area contributed by atoms with Crippen molar-refractivity contribution in [2.75, 3.05) is 0 Å². The van der Waals surface area contributed by atoms with Crippen molar-refractivity contribution in [3.05, 3.63) is 0 Å². The van der Waals surface area contributed by atoms with E-state index in [0.29, 0.717) is 0 Å². The van der Waals surface area contributed by atoms with Crippen LogP contribution in [0, 0.1) is 0 Å². The van der Waals surface area contributed by atoms with Gasteiger partial charge in [0.1, 0.15) is 0 Å². The molecule has 4 heavy (non-hydrogen) atoms. The van der Waals surface area contributed by atoms with Gasteiger partial charge in [0.2, 0.25) is 0 Å². The summed E-state index contributed by atoms with van der Waals surface area (Å²) in [5.74, 6) is 0. The van der Waals surface area contributed by atoms with Gasteiger partial charge in [-0.15, -0.1) is 5.17 Å². The lowest BCUT2D eigenvalue weighted by atomic mass is 10.6. The van der Waals surface area contributed by atoms with Crippen LogP contribution in [0.15, 0.2) is 0 Å². The molecule has 0 saturated carbocycles. The summed E-state index contributed by atoms with van der Waals surface area (Å²) in [4.78, 5) is 0. The van der Waals surface area contributed by atoms with Crippen molar-refractivity contribution in [3.63, 3.8) is 0 Å². The van der Waals surface area contributed by atoms with E-state index >= 15 is 0 Å². The van der Waals surface area contributed by atoms with Gasteiger partial charge >= 0.3 is 0 Å². The smallest absolute Gasteiger partial charge is 0.0253 e. The van der Waals surface area contributed by atoms with Crippen molar-refractivity contribution in [1.29, 1.82) is 0 Å². The molecule has 0 aliphatic heterocycles. The predicted molar refractivity (Wildman–Crippen MR) is 24.9 cm³/mol. The van der Waals surface area contributed by atoms with Gasteiger partial charge in [-0.2, -0.15) is 0 Å². The van der Waals surface area contributed by atoms with Gasteiger partial charge in [-0.25, -0.2) is 0 Å². The van der Waals surface area contributed by atoms with E-state index in [4.69, 9.17) is 0 Å². The first kappa shape index (κ1) is 4.09. The fourth-order valence-corrected chi connectivity index (χ4v) is 0. The van der Waals surface area contributed by atoms with Gasteiger partial charge < -0.3 is 0 Å². The molecule has 0 aromatic rings. The maximum Gasteiger partial charge on any atom is -0.0253 e. The standard InChI is InChI=1S/C3H8Si/c1-3(2)4/h4H2,1-2H3. The van der Waals surface area contributed by atoms with Crippen LogP contribution in [0.3, 0.4) is 0 Å². The molecule has 0 unspecified atom stereocenters. The minimum absolute atomic E-state index is 1.44. The molecular formula is C3H8Si. The summed E-state index contributed by atoms with van der Waals surface area (Å²) in [6.07, 6.45) is 0. The van der Waals surface area contributed by atoms with Gasteiger partial charge in [0, 0.05) is 0 Å². The van der Waals surface area contributed by atoms with Crippen LogP contribution >= 0.6 is 0 Å². The third kappa shape index (κ3) is 327. The molecule has 0 N–H and O–H groups in total. The summed E-state index contributed by atoms with van der Waals surface area (Å²) in [7, 11) is 1.92. The van der Waals surface area contributed by atoms with Crippen molar-refractivity contribution in [3.8, 4) is 0 Å². The van der Waals surface area contributed by atoms with E-state index in [0.717, 1.165) is 0 Å². The largest absolute Gasteiger partial charge is 0.102 e. The molecule has 0 heterocycles. The summed E-state index contributed by atoms with van der Waals surface area (Å²) in [5, 5.41) is 1.44. The van der Waals surface area contributed by atoms with Crippen LogP contribution < -0.4 is 0 Å². The van der Waals surface area contributed by atoms with Crippen LogP contribution in [0.5, 0.6) is 0 Å². The molecule has 1 heteroatoms. The summed E-state index contributed by atoms with van der Waals surface area (Å²) in [6.45, 7) is 4.19. The van der Waals surface area contributed by atoms with E-state index in [1.165, 1.54) is 5.17 Å². The Hall–Kier alpha value is 0.0869. The highest BCUT2D eigenvalue weighted by Gasteiger charge is 1.51. The van der Waals surface area contributed by atoms with Crippen molar-refractivity contribution in [2.24, 2.45) is 0 Å². The Morgan fingerprint density at radius 1 is 1.50 bits per heavy atom. The minimum Gasteiger partial charge on any atom is -0.102 e. The van der Waals surface area contributed by atoms with Crippen molar-refractivity contribution >= 4 is 15.0 Å². The molecule has 0 bridgehead atoms. The second kappa shape index (κ2) is 1.41. The van der Waals surface area contributed by atoms with Crippen molar-refractivity contribution in [1.82, 2.24) is 0 Å². The minimum atomic E-state index is 1.44. The third-order valence-corrected chi connectivity index (χ3v) is 0. The number of hydrogen-bond acceptors (Lipinski definition) is 0. The predicted octanol–water partition coefficient (Wildman–Crippen LogP) is -0.168. The van der Waals surface area contributed by atoms with E-state index < -0.39 is 0 Å². The van der Waals surface area contributed by atoms with Gasteiger partial charge in [0.15, 0.2) is 0 Å². The molecule has 0 amide bonds. The highest BCUT2D eigenvalue weighted by atomic mass is 28.1. The Morgan fingerprint density at radius 3 is 1.50 bits per heavy atom. The fraction of sp³-hybridized carbons (Fsp3) is 0.667. The molecule has 0 fully saturated rings. The quantitative estimate of drug-likeness (QED) is 0.349. The second-order valence-electron chi connectivity index (χ2n) is 1.21. The van der Waals surface area contributed by atoms with Gasteiger partial charge in [-0.05, 0) is 23.7 Å². The third-order valence-electron chi connectivity index (χ3n) is 0. The lowest BCUT2D eigenvalue weighted by Crippen LogP contribution is -1.72. The zero-order valence-corrected chi connectivity index (χ0v) is 4.62. The average Bonchev–Trinajstić information content (AvgIpc) is 0.811. The molecule has 0 radical (unpaired) electrons. The first-order chi connectivity index (χ1) is 1.73. The van der Waals surface area contributed by atoms with Crippen LogP contribution in [0.1, 0.15) is 13.8 Å². The molecule has 0 aliphatic carbocycles. The fourth-order valence-electron chi connectivity index (χ4n) is 0. The van der Waals surface area contributed by atoms with Gasteiger partial charge in [0.25, 0.3) is 0 Å². The van der Waals surface area contributed by atoms with E-state index in [1.807, 2.05) is 9.85 Å². The Kier molecular flexibility index (Phi) is 1.44. The molecule has 24 valence electrons. The zero-order chi connectivity index (χ0) is 3.58. The summed E-state index contributed by atoms with van der Waals surface area (Å²) >= 11 is 0. The van der Waals surface area contributed by atoms with Crippen molar-refractivity contribution < 1.29 is 0 Å². The molecule has 0 nitrogen and oxygen atoms in total. The van der Waals surface area contributed by atoms with E-state index in [-0.39, 0.29) is 0 Å². The van der Waals surface area contributed by atoms with Crippen LogP contribution in [0.2, 0.25) is 0 Å². The molecule has 0 aromatic carbocycles. The highest BCUT2D eigenvalue weighted by Crippen LogP contribution is 1.48. The second-order valence-corrected chi connectivity index (χ2v) is 2.62. The van der Waals surface area contributed by atoms with Crippen LogP contribution in [0.25, 0.3) is 0 Å². The molecule has 0 saturated heterocycles. The van der Waals surface area contributed by atoms with Gasteiger partial charge in [-0.3, -0.25) is 0 Å². The molecule has 0 spiro atoms. The first-order valence-corrected chi connectivity index (χ1v) is 2.06. The molecule has 0 atom stereocenters. The van der Waals surface area contributed by atoms with Gasteiger partial charge in [-0.1, -0.05) is 0 Å². The van der Waals surface area contributed by atoms with Crippen molar-refractivity contribution in [2.45, 2.75) is 13.8 Å². The monoisotopic (exact) mass is 72.0 g/mol. The van der Waals surface area contributed by atoms with Crippen LogP contribution in [-0.2, 0) is 0 Å². The zero-order valence-electron chi connectivity index (χ0n) is 3.21. The molecule has 0 aromatic heterocycles. The van der Waals surface area contributed by atoms with E-state index in [1.54, 1.807) is 0 Å².